The molecule has 0 bridgehead atoms. The summed E-state index contributed by atoms with van der Waals surface area (Å²) in [5.41, 5.74) is 5.37. The van der Waals surface area contributed by atoms with Gasteiger partial charge in [-0.1, -0.05) is 12.2 Å². The third-order valence-electron chi connectivity index (χ3n) is 2.62. The van der Waals surface area contributed by atoms with Crippen molar-refractivity contribution in [2.75, 3.05) is 26.7 Å². The Balaban J connectivity index is 2.30. The van der Waals surface area contributed by atoms with Gasteiger partial charge in [-0.05, 0) is 19.3 Å². The van der Waals surface area contributed by atoms with Crippen LogP contribution in [0.15, 0.2) is 0 Å². The van der Waals surface area contributed by atoms with E-state index in [0.29, 0.717) is 31.0 Å². The third-order valence-corrected chi connectivity index (χ3v) is 2.83. The van der Waals surface area contributed by atoms with Crippen LogP contribution in [0.3, 0.4) is 0 Å². The maximum Gasteiger partial charge on any atom is 0.312 e. The molecule has 1 aliphatic rings. The number of hydrogen-bond acceptors (Lipinski definition) is 3. The lowest BCUT2D eigenvalue weighted by molar-refractivity contribution is -0.154. The fourth-order valence-corrected chi connectivity index (χ4v) is 1.73. The van der Waals surface area contributed by atoms with Crippen LogP contribution in [0, 0.1) is 0 Å². The fourth-order valence-electron chi connectivity index (χ4n) is 1.59. The molecule has 1 saturated heterocycles. The lowest BCUT2D eigenvalue weighted by Gasteiger charge is -2.31. The quantitative estimate of drug-likeness (QED) is 0.410. The number of amides is 2. The lowest BCUT2D eigenvalue weighted by Crippen LogP contribution is -2.52. The molecule has 0 atom stereocenters. The van der Waals surface area contributed by atoms with Crippen LogP contribution < -0.4 is 5.73 Å². The third kappa shape index (κ3) is 3.44. The second-order valence-corrected chi connectivity index (χ2v) is 4.47. The molecular weight excluding hydrogens is 226 g/mol. The number of unbranched alkanes of at least 4 members (excludes halogenated alkanes) is 1. The highest BCUT2D eigenvalue weighted by Crippen LogP contribution is 2.05. The van der Waals surface area contributed by atoms with Gasteiger partial charge in [-0.15, -0.1) is 0 Å². The van der Waals surface area contributed by atoms with E-state index >= 15 is 0 Å². The van der Waals surface area contributed by atoms with Crippen LogP contribution in [0.4, 0.5) is 0 Å². The first-order valence-corrected chi connectivity index (χ1v) is 5.76. The highest BCUT2D eigenvalue weighted by atomic mass is 32.1. The van der Waals surface area contributed by atoms with Crippen LogP contribution in [-0.4, -0.2) is 53.3 Å². The van der Waals surface area contributed by atoms with Crippen molar-refractivity contribution in [3.05, 3.63) is 0 Å². The Bertz CT molecular complexity index is 306. The molecule has 6 heteroatoms. The Kier molecular flexibility index (Phi) is 4.67. The van der Waals surface area contributed by atoms with Crippen LogP contribution >= 0.6 is 12.2 Å². The molecule has 0 spiro atoms. The van der Waals surface area contributed by atoms with Crippen molar-refractivity contribution in [3.8, 4) is 0 Å². The van der Waals surface area contributed by atoms with E-state index in [0.717, 1.165) is 12.8 Å². The molecule has 0 aliphatic carbocycles. The minimum atomic E-state index is -0.416. The summed E-state index contributed by atoms with van der Waals surface area (Å²) in [6, 6.07) is 0. The van der Waals surface area contributed by atoms with Crippen molar-refractivity contribution < 1.29 is 9.59 Å². The van der Waals surface area contributed by atoms with E-state index in [1.54, 1.807) is 11.9 Å². The summed E-state index contributed by atoms with van der Waals surface area (Å²) in [6.45, 7) is 1.84. The van der Waals surface area contributed by atoms with Crippen LogP contribution in [0.2, 0.25) is 0 Å². The van der Waals surface area contributed by atoms with Crippen molar-refractivity contribution in [1.82, 2.24) is 9.80 Å². The van der Waals surface area contributed by atoms with Gasteiger partial charge >= 0.3 is 11.8 Å². The molecule has 0 unspecified atom stereocenters. The first-order valence-electron chi connectivity index (χ1n) is 5.35. The average molecular weight is 243 g/mol. The highest BCUT2D eigenvalue weighted by Gasteiger charge is 2.29. The number of carbonyl (C=O) groups excluding carboxylic acids is 2. The van der Waals surface area contributed by atoms with E-state index in [-0.39, 0.29) is 0 Å². The summed E-state index contributed by atoms with van der Waals surface area (Å²) in [7, 11) is 1.64. The number of likely N-dealkylation sites (N-methyl/N-ethyl adjacent to an activating group) is 1. The molecule has 16 heavy (non-hydrogen) atoms. The molecule has 0 saturated carbocycles. The molecule has 2 N–H and O–H groups in total. The minimum absolute atomic E-state index is 0.399. The number of rotatable bonds is 5. The molecule has 0 aromatic rings. The lowest BCUT2D eigenvalue weighted by atomic mass is 10.2. The predicted octanol–water partition coefficient (Wildman–Crippen LogP) is -0.257. The van der Waals surface area contributed by atoms with Crippen molar-refractivity contribution in [3.63, 3.8) is 0 Å². The summed E-state index contributed by atoms with van der Waals surface area (Å²) >= 11 is 4.76. The summed E-state index contributed by atoms with van der Waals surface area (Å²) < 4.78 is 0. The van der Waals surface area contributed by atoms with E-state index in [4.69, 9.17) is 18.0 Å². The van der Waals surface area contributed by atoms with E-state index in [2.05, 4.69) is 0 Å². The molecule has 0 aromatic heterocycles. The first-order chi connectivity index (χ1) is 7.52. The second-order valence-electron chi connectivity index (χ2n) is 3.94. The number of carbonyl (C=O) groups is 2. The van der Waals surface area contributed by atoms with Gasteiger partial charge in [-0.2, -0.15) is 0 Å². The monoisotopic (exact) mass is 243 g/mol. The summed E-state index contributed by atoms with van der Waals surface area (Å²) in [4.78, 5) is 26.5. The van der Waals surface area contributed by atoms with Gasteiger partial charge in [0.2, 0.25) is 0 Å². The molecular formula is C10H17N3O2S. The summed E-state index contributed by atoms with van der Waals surface area (Å²) in [6.07, 6.45) is 2.40. The predicted molar refractivity (Wildman–Crippen MR) is 64.9 cm³/mol. The maximum absolute atomic E-state index is 11.5. The molecule has 1 fully saturated rings. The molecule has 1 aliphatic heterocycles. The van der Waals surface area contributed by atoms with Crippen LogP contribution in [0.5, 0.6) is 0 Å². The van der Waals surface area contributed by atoms with Crippen LogP contribution in [-0.2, 0) is 9.59 Å². The molecule has 1 rings (SSSR count). The molecule has 1 heterocycles. The number of hydrogen-bond donors (Lipinski definition) is 1. The second kappa shape index (κ2) is 5.79. The molecule has 0 aromatic carbocycles. The molecule has 2 amide bonds. The Morgan fingerprint density at radius 1 is 1.31 bits per heavy atom. The van der Waals surface area contributed by atoms with Crippen molar-refractivity contribution in [2.45, 2.75) is 19.3 Å². The number of nitrogens with zero attached hydrogens (tertiary/aromatic N) is 2. The van der Waals surface area contributed by atoms with Gasteiger partial charge < -0.3 is 15.5 Å². The molecule has 5 nitrogen and oxygen atoms in total. The van der Waals surface area contributed by atoms with Crippen molar-refractivity contribution in [1.29, 1.82) is 0 Å². The van der Waals surface area contributed by atoms with Gasteiger partial charge in [0, 0.05) is 26.7 Å². The van der Waals surface area contributed by atoms with Crippen molar-refractivity contribution in [2.24, 2.45) is 5.73 Å². The number of nitrogens with two attached hydrogens (primary N) is 1. The summed E-state index contributed by atoms with van der Waals surface area (Å²) in [5, 5.41) is 0. The van der Waals surface area contributed by atoms with Gasteiger partial charge in [0.15, 0.2) is 0 Å². The van der Waals surface area contributed by atoms with Crippen molar-refractivity contribution >= 4 is 29.0 Å². The number of thiocarbonyl (C=S) groups is 1. The minimum Gasteiger partial charge on any atom is -0.393 e. The average Bonchev–Trinajstić information content (AvgIpc) is 2.23. The zero-order valence-corrected chi connectivity index (χ0v) is 10.3. The Labute approximate surface area is 101 Å². The maximum atomic E-state index is 11.5. The van der Waals surface area contributed by atoms with E-state index in [1.165, 1.54) is 4.90 Å². The Morgan fingerprint density at radius 2 is 2.00 bits per heavy atom. The zero-order chi connectivity index (χ0) is 12.1. The zero-order valence-electron chi connectivity index (χ0n) is 9.44. The van der Waals surface area contributed by atoms with Crippen LogP contribution in [0.1, 0.15) is 19.3 Å². The van der Waals surface area contributed by atoms with Gasteiger partial charge in [-0.3, -0.25) is 9.59 Å². The Hall–Kier alpha value is -1.17. The standard InChI is InChI=1S/C10H17N3O2S/c1-12-6-7-13(10(15)9(12)14)5-3-2-4-8(11)16/h2-7H2,1H3,(H2,11,16). The van der Waals surface area contributed by atoms with Gasteiger partial charge in [-0.25, -0.2) is 0 Å². The summed E-state index contributed by atoms with van der Waals surface area (Å²) in [5.74, 6) is -0.815. The SMILES string of the molecule is CN1CCN(CCCCC(N)=S)C(=O)C1=O. The van der Waals surface area contributed by atoms with E-state index < -0.39 is 11.8 Å². The normalized spacial score (nSPS) is 16.8. The van der Waals surface area contributed by atoms with Gasteiger partial charge in [0.25, 0.3) is 0 Å². The smallest absolute Gasteiger partial charge is 0.312 e. The highest BCUT2D eigenvalue weighted by molar-refractivity contribution is 7.80. The van der Waals surface area contributed by atoms with Crippen LogP contribution in [0.25, 0.3) is 0 Å². The van der Waals surface area contributed by atoms with E-state index in [9.17, 15) is 9.59 Å². The fraction of sp³-hybridized carbons (Fsp3) is 0.700. The largest absolute Gasteiger partial charge is 0.393 e. The first kappa shape index (κ1) is 12.9. The van der Waals surface area contributed by atoms with Gasteiger partial charge in [0.05, 0.1) is 4.99 Å². The van der Waals surface area contributed by atoms with Gasteiger partial charge in [0.1, 0.15) is 0 Å². The molecule has 90 valence electrons. The number of piperazine rings is 1. The topological polar surface area (TPSA) is 66.6 Å². The van der Waals surface area contributed by atoms with E-state index in [1.807, 2.05) is 0 Å². The Morgan fingerprint density at radius 3 is 2.62 bits per heavy atom. The molecule has 0 radical (unpaired) electrons.